The Balaban J connectivity index is 1.88. The number of ether oxygens (including phenoxy) is 1. The van der Waals surface area contributed by atoms with E-state index in [0.29, 0.717) is 28.0 Å². The van der Waals surface area contributed by atoms with E-state index in [2.05, 4.69) is 20.7 Å². The Kier molecular flexibility index (Phi) is 5.60. The van der Waals surface area contributed by atoms with Gasteiger partial charge in [-0.25, -0.2) is 9.67 Å². The number of nitrogens with zero attached hydrogens (tertiary/aromatic N) is 3. The summed E-state index contributed by atoms with van der Waals surface area (Å²) in [6.45, 7) is 3.13. The van der Waals surface area contributed by atoms with E-state index < -0.39 is 5.91 Å². The Bertz CT molecular complexity index is 1030. The number of benzene rings is 2. The highest BCUT2D eigenvalue weighted by atomic mass is 35.5. The lowest BCUT2D eigenvalue weighted by atomic mass is 10.2. The second-order valence-corrected chi connectivity index (χ2v) is 6.35. The van der Waals surface area contributed by atoms with Gasteiger partial charge in [-0.15, -0.1) is 5.10 Å². The van der Waals surface area contributed by atoms with Gasteiger partial charge in [-0.05, 0) is 43.3 Å². The molecular weight excluding hydrogens is 382 g/mol. The Labute approximate surface area is 166 Å². The molecule has 0 fully saturated rings. The van der Waals surface area contributed by atoms with Gasteiger partial charge in [-0.3, -0.25) is 9.59 Å². The van der Waals surface area contributed by atoms with E-state index in [4.69, 9.17) is 16.3 Å². The molecule has 0 aliphatic carbocycles. The maximum Gasteiger partial charge on any atom is 0.295 e. The van der Waals surface area contributed by atoms with Gasteiger partial charge in [0.05, 0.1) is 24.2 Å². The number of carbonyl (C=O) groups excluding carboxylic acids is 2. The number of nitrogens with one attached hydrogen (secondary N) is 2. The zero-order chi connectivity index (χ0) is 20.3. The fourth-order valence-electron chi connectivity index (χ4n) is 2.54. The normalized spacial score (nSPS) is 10.4. The van der Waals surface area contributed by atoms with E-state index in [9.17, 15) is 9.59 Å². The first kappa shape index (κ1) is 19.4. The van der Waals surface area contributed by atoms with Gasteiger partial charge in [0, 0.05) is 18.0 Å². The van der Waals surface area contributed by atoms with Crippen molar-refractivity contribution in [3.63, 3.8) is 0 Å². The molecule has 144 valence electrons. The fraction of sp³-hybridized carbons (Fsp3) is 0.158. The third-order valence-corrected chi connectivity index (χ3v) is 4.08. The molecule has 0 aliphatic heterocycles. The van der Waals surface area contributed by atoms with Crippen molar-refractivity contribution in [2.45, 2.75) is 13.8 Å². The van der Waals surface area contributed by atoms with Crippen molar-refractivity contribution in [1.82, 2.24) is 14.8 Å². The summed E-state index contributed by atoms with van der Waals surface area (Å²) in [7, 11) is 1.51. The lowest BCUT2D eigenvalue weighted by Gasteiger charge is -2.12. The molecule has 2 aromatic carbocycles. The van der Waals surface area contributed by atoms with E-state index >= 15 is 0 Å². The summed E-state index contributed by atoms with van der Waals surface area (Å²) in [5.41, 5.74) is 1.55. The van der Waals surface area contributed by atoms with Gasteiger partial charge in [-0.1, -0.05) is 11.6 Å². The summed E-state index contributed by atoms with van der Waals surface area (Å²) >= 11 is 5.91. The first-order chi connectivity index (χ1) is 13.4. The van der Waals surface area contributed by atoms with E-state index in [1.807, 2.05) is 0 Å². The topological polar surface area (TPSA) is 98.1 Å². The zero-order valence-electron chi connectivity index (χ0n) is 15.5. The summed E-state index contributed by atoms with van der Waals surface area (Å²) in [4.78, 5) is 28.3. The summed E-state index contributed by atoms with van der Waals surface area (Å²) in [5, 5.41) is 10.2. The summed E-state index contributed by atoms with van der Waals surface area (Å²) < 4.78 is 6.73. The van der Waals surface area contributed by atoms with Gasteiger partial charge in [0.25, 0.3) is 5.91 Å². The number of rotatable bonds is 5. The summed E-state index contributed by atoms with van der Waals surface area (Å²) in [5.74, 6) is 0.279. The van der Waals surface area contributed by atoms with Crippen molar-refractivity contribution < 1.29 is 14.3 Å². The molecule has 0 saturated heterocycles. The van der Waals surface area contributed by atoms with Crippen LogP contribution in [0.5, 0.6) is 5.75 Å². The van der Waals surface area contributed by atoms with Crippen LogP contribution in [0.3, 0.4) is 0 Å². The van der Waals surface area contributed by atoms with Gasteiger partial charge in [0.2, 0.25) is 11.7 Å². The third kappa shape index (κ3) is 4.29. The van der Waals surface area contributed by atoms with E-state index in [1.165, 1.54) is 14.0 Å². The molecule has 8 nitrogen and oxygen atoms in total. The molecule has 0 unspecified atom stereocenters. The molecule has 2 N–H and O–H groups in total. The minimum Gasteiger partial charge on any atom is -0.497 e. The van der Waals surface area contributed by atoms with Gasteiger partial charge >= 0.3 is 0 Å². The van der Waals surface area contributed by atoms with Crippen LogP contribution < -0.4 is 15.4 Å². The van der Waals surface area contributed by atoms with Gasteiger partial charge < -0.3 is 15.4 Å². The van der Waals surface area contributed by atoms with Crippen LogP contribution in [0.4, 0.5) is 11.4 Å². The number of halogens is 1. The molecule has 0 saturated carbocycles. The predicted molar refractivity (Wildman–Crippen MR) is 106 cm³/mol. The Morgan fingerprint density at radius 3 is 2.43 bits per heavy atom. The van der Waals surface area contributed by atoms with Crippen molar-refractivity contribution in [2.75, 3.05) is 17.7 Å². The number of amides is 2. The predicted octanol–water partition coefficient (Wildman–Crippen LogP) is 3.45. The standard InChI is InChI=1S/C19H18ClN5O3/c1-11-21-18(24-25(11)14-6-4-13(20)5-7-14)19(27)23-17-10-15(28-3)8-9-16(17)22-12(2)26/h4-10H,1-3H3,(H,22,26)(H,23,27). The second-order valence-electron chi connectivity index (χ2n) is 5.92. The molecule has 28 heavy (non-hydrogen) atoms. The van der Waals surface area contributed by atoms with Gasteiger partial charge in [-0.2, -0.15) is 0 Å². The van der Waals surface area contributed by atoms with Crippen molar-refractivity contribution >= 4 is 34.8 Å². The van der Waals surface area contributed by atoms with Crippen molar-refractivity contribution in [3.8, 4) is 11.4 Å². The molecule has 0 radical (unpaired) electrons. The van der Waals surface area contributed by atoms with Crippen LogP contribution in [0.1, 0.15) is 23.4 Å². The number of hydrogen-bond donors (Lipinski definition) is 2. The molecule has 0 atom stereocenters. The molecule has 3 rings (SSSR count). The Hall–Kier alpha value is -3.39. The number of aryl methyl sites for hydroxylation is 1. The maximum atomic E-state index is 12.7. The Morgan fingerprint density at radius 2 is 1.79 bits per heavy atom. The quantitative estimate of drug-likeness (QED) is 0.684. The lowest BCUT2D eigenvalue weighted by molar-refractivity contribution is -0.114. The first-order valence-corrected chi connectivity index (χ1v) is 8.72. The molecule has 3 aromatic rings. The van der Waals surface area contributed by atoms with Gasteiger partial charge in [0.1, 0.15) is 11.6 Å². The van der Waals surface area contributed by atoms with Crippen LogP contribution in [-0.2, 0) is 4.79 Å². The smallest absolute Gasteiger partial charge is 0.295 e. The molecule has 1 heterocycles. The number of methoxy groups -OCH3 is 1. The first-order valence-electron chi connectivity index (χ1n) is 8.34. The average Bonchev–Trinajstić information content (AvgIpc) is 3.05. The lowest BCUT2D eigenvalue weighted by Crippen LogP contribution is -2.17. The summed E-state index contributed by atoms with van der Waals surface area (Å²) in [6.07, 6.45) is 0. The molecule has 0 spiro atoms. The molecule has 0 bridgehead atoms. The monoisotopic (exact) mass is 399 g/mol. The highest BCUT2D eigenvalue weighted by Crippen LogP contribution is 2.27. The van der Waals surface area contributed by atoms with E-state index in [0.717, 1.165) is 5.69 Å². The van der Waals surface area contributed by atoms with Crippen LogP contribution in [0, 0.1) is 6.92 Å². The van der Waals surface area contributed by atoms with Crippen LogP contribution in [0.15, 0.2) is 42.5 Å². The largest absolute Gasteiger partial charge is 0.497 e. The molecule has 9 heteroatoms. The minimum atomic E-state index is -0.518. The Morgan fingerprint density at radius 1 is 1.07 bits per heavy atom. The molecule has 2 amide bonds. The zero-order valence-corrected chi connectivity index (χ0v) is 16.2. The van der Waals surface area contributed by atoms with Crippen molar-refractivity contribution in [3.05, 3.63) is 59.1 Å². The maximum absolute atomic E-state index is 12.7. The van der Waals surface area contributed by atoms with Gasteiger partial charge in [0.15, 0.2) is 0 Å². The number of hydrogen-bond acceptors (Lipinski definition) is 5. The highest BCUT2D eigenvalue weighted by molar-refractivity contribution is 6.30. The number of anilines is 2. The summed E-state index contributed by atoms with van der Waals surface area (Å²) in [6, 6.07) is 11.9. The van der Waals surface area contributed by atoms with E-state index in [1.54, 1.807) is 54.1 Å². The fourth-order valence-corrected chi connectivity index (χ4v) is 2.67. The van der Waals surface area contributed by atoms with Crippen LogP contribution in [-0.4, -0.2) is 33.7 Å². The highest BCUT2D eigenvalue weighted by Gasteiger charge is 2.17. The van der Waals surface area contributed by atoms with Crippen molar-refractivity contribution in [2.24, 2.45) is 0 Å². The number of carbonyl (C=O) groups is 2. The van der Waals surface area contributed by atoms with Crippen LogP contribution in [0.2, 0.25) is 5.02 Å². The third-order valence-electron chi connectivity index (χ3n) is 3.83. The van der Waals surface area contributed by atoms with Crippen molar-refractivity contribution in [1.29, 1.82) is 0 Å². The molecule has 1 aromatic heterocycles. The van der Waals surface area contributed by atoms with Crippen LogP contribution >= 0.6 is 11.6 Å². The van der Waals surface area contributed by atoms with E-state index in [-0.39, 0.29) is 11.7 Å². The molecular formula is C19H18ClN5O3. The SMILES string of the molecule is COc1ccc(NC(C)=O)c(NC(=O)c2nc(C)n(-c3ccc(Cl)cc3)n2)c1. The second kappa shape index (κ2) is 8.10. The number of aromatic nitrogens is 3. The minimum absolute atomic E-state index is 0.0101. The molecule has 0 aliphatic rings. The van der Waals surface area contributed by atoms with Crippen LogP contribution in [0.25, 0.3) is 5.69 Å². The average molecular weight is 400 g/mol.